The Balaban J connectivity index is 2.03. The zero-order chi connectivity index (χ0) is 13.8. The molecule has 0 aromatic heterocycles. The van der Waals surface area contributed by atoms with E-state index in [1.165, 1.54) is 5.69 Å². The number of rotatable bonds is 5. The normalized spacial score (nSPS) is 18.1. The molecule has 0 saturated carbocycles. The second-order valence-corrected chi connectivity index (χ2v) is 4.97. The summed E-state index contributed by atoms with van der Waals surface area (Å²) < 4.78 is 0. The molecule has 1 unspecified atom stereocenters. The molecule has 0 bridgehead atoms. The van der Waals surface area contributed by atoms with E-state index in [0.717, 1.165) is 18.7 Å². The maximum Gasteiger partial charge on any atom is 0.249 e. The van der Waals surface area contributed by atoms with E-state index in [-0.39, 0.29) is 11.9 Å². The number of benzene rings is 1. The van der Waals surface area contributed by atoms with Gasteiger partial charge in [0, 0.05) is 25.2 Å². The highest BCUT2D eigenvalue weighted by Crippen LogP contribution is 2.16. The average Bonchev–Trinajstić information content (AvgIpc) is 2.71. The van der Waals surface area contributed by atoms with E-state index in [1.807, 2.05) is 0 Å². The van der Waals surface area contributed by atoms with E-state index in [1.54, 1.807) is 0 Å². The van der Waals surface area contributed by atoms with Crippen LogP contribution in [0.15, 0.2) is 24.3 Å². The number of nitrogens with one attached hydrogen (secondary N) is 2. The van der Waals surface area contributed by atoms with Crippen LogP contribution in [-0.2, 0) is 11.2 Å². The lowest BCUT2D eigenvalue weighted by atomic mass is 10.1. The molecule has 2 N–H and O–H groups in total. The van der Waals surface area contributed by atoms with Crippen LogP contribution < -0.4 is 15.5 Å². The first-order chi connectivity index (χ1) is 9.13. The predicted octanol–water partition coefficient (Wildman–Crippen LogP) is 1.45. The van der Waals surface area contributed by atoms with Gasteiger partial charge < -0.3 is 15.5 Å². The van der Waals surface area contributed by atoms with Crippen molar-refractivity contribution in [1.29, 1.82) is 0 Å². The fourth-order valence-corrected chi connectivity index (χ4v) is 2.51. The van der Waals surface area contributed by atoms with Crippen LogP contribution in [0.5, 0.6) is 0 Å². The van der Waals surface area contributed by atoms with Crippen LogP contribution >= 0.6 is 12.2 Å². The van der Waals surface area contributed by atoms with Crippen molar-refractivity contribution in [2.24, 2.45) is 0 Å². The summed E-state index contributed by atoms with van der Waals surface area (Å²) in [7, 11) is 0. The van der Waals surface area contributed by atoms with Gasteiger partial charge in [0.1, 0.15) is 6.04 Å². The third kappa shape index (κ3) is 3.23. The maximum atomic E-state index is 11.6. The van der Waals surface area contributed by atoms with E-state index >= 15 is 0 Å². The molecule has 1 aromatic rings. The van der Waals surface area contributed by atoms with E-state index in [2.05, 4.69) is 53.6 Å². The Hall–Kier alpha value is -1.62. The minimum Gasteiger partial charge on any atom is -0.372 e. The SMILES string of the molecule is CCN(CC)c1ccc(CC2NC(=S)NC2=O)cc1. The molecule has 0 spiro atoms. The van der Waals surface area contributed by atoms with Crippen LogP contribution in [0.4, 0.5) is 5.69 Å². The molecule has 1 aliphatic heterocycles. The number of anilines is 1. The summed E-state index contributed by atoms with van der Waals surface area (Å²) in [5.41, 5.74) is 2.35. The summed E-state index contributed by atoms with van der Waals surface area (Å²) in [4.78, 5) is 13.9. The molecule has 1 amide bonds. The van der Waals surface area contributed by atoms with Crippen LogP contribution in [0.25, 0.3) is 0 Å². The largest absolute Gasteiger partial charge is 0.372 e. The van der Waals surface area contributed by atoms with Crippen LogP contribution in [-0.4, -0.2) is 30.2 Å². The third-order valence-corrected chi connectivity index (χ3v) is 3.58. The molecule has 4 nitrogen and oxygen atoms in total. The molecule has 1 heterocycles. The smallest absolute Gasteiger partial charge is 0.249 e. The van der Waals surface area contributed by atoms with Crippen molar-refractivity contribution in [1.82, 2.24) is 10.6 Å². The summed E-state index contributed by atoms with van der Waals surface area (Å²) in [6.07, 6.45) is 0.657. The number of nitrogens with zero attached hydrogens (tertiary/aromatic N) is 1. The summed E-state index contributed by atoms with van der Waals surface area (Å²) in [6, 6.07) is 8.11. The molecule has 0 radical (unpaired) electrons. The predicted molar refractivity (Wildman–Crippen MR) is 81.4 cm³/mol. The van der Waals surface area contributed by atoms with Crippen molar-refractivity contribution >= 4 is 28.9 Å². The van der Waals surface area contributed by atoms with Gasteiger partial charge in [-0.15, -0.1) is 0 Å². The summed E-state index contributed by atoms with van der Waals surface area (Å²) in [6.45, 7) is 6.28. The highest BCUT2D eigenvalue weighted by Gasteiger charge is 2.26. The molecule has 2 rings (SSSR count). The minimum absolute atomic E-state index is 0.0437. The molecule has 0 aliphatic carbocycles. The monoisotopic (exact) mass is 277 g/mol. The summed E-state index contributed by atoms with van der Waals surface area (Å²) in [5.74, 6) is -0.0437. The molecule has 102 valence electrons. The Morgan fingerprint density at radius 3 is 2.32 bits per heavy atom. The number of carbonyl (C=O) groups is 1. The number of thiocarbonyl (C=S) groups is 1. The highest BCUT2D eigenvalue weighted by atomic mass is 32.1. The maximum absolute atomic E-state index is 11.6. The van der Waals surface area contributed by atoms with Gasteiger partial charge in [-0.05, 0) is 43.8 Å². The van der Waals surface area contributed by atoms with Gasteiger partial charge in [-0.1, -0.05) is 12.1 Å². The highest BCUT2D eigenvalue weighted by molar-refractivity contribution is 7.80. The molecule has 1 saturated heterocycles. The summed E-state index contributed by atoms with van der Waals surface area (Å²) >= 11 is 4.93. The van der Waals surface area contributed by atoms with Gasteiger partial charge in [-0.2, -0.15) is 0 Å². The van der Waals surface area contributed by atoms with Crippen molar-refractivity contribution in [3.05, 3.63) is 29.8 Å². The van der Waals surface area contributed by atoms with E-state index in [4.69, 9.17) is 12.2 Å². The van der Waals surface area contributed by atoms with Crippen LogP contribution in [0.2, 0.25) is 0 Å². The molecular formula is C14H19N3OS. The van der Waals surface area contributed by atoms with Crippen molar-refractivity contribution in [2.45, 2.75) is 26.3 Å². The molecule has 1 aliphatic rings. The lowest BCUT2D eigenvalue weighted by Crippen LogP contribution is -2.31. The number of carbonyl (C=O) groups excluding carboxylic acids is 1. The van der Waals surface area contributed by atoms with Gasteiger partial charge in [0.05, 0.1) is 0 Å². The zero-order valence-corrected chi connectivity index (χ0v) is 12.1. The minimum atomic E-state index is -0.244. The van der Waals surface area contributed by atoms with E-state index in [0.29, 0.717) is 11.5 Å². The molecule has 1 fully saturated rings. The number of hydrogen-bond acceptors (Lipinski definition) is 3. The Bertz CT molecular complexity index is 468. The third-order valence-electron chi connectivity index (χ3n) is 3.36. The first kappa shape index (κ1) is 13.8. The molecular weight excluding hydrogens is 258 g/mol. The van der Waals surface area contributed by atoms with Crippen molar-refractivity contribution < 1.29 is 4.79 Å². The lowest BCUT2D eigenvalue weighted by molar-refractivity contribution is -0.120. The van der Waals surface area contributed by atoms with Crippen molar-refractivity contribution in [2.75, 3.05) is 18.0 Å². The Morgan fingerprint density at radius 1 is 1.21 bits per heavy atom. The second kappa shape index (κ2) is 6.02. The molecule has 1 aromatic carbocycles. The average molecular weight is 277 g/mol. The van der Waals surface area contributed by atoms with E-state index in [9.17, 15) is 4.79 Å². The Kier molecular flexibility index (Phi) is 4.37. The van der Waals surface area contributed by atoms with Crippen LogP contribution in [0.1, 0.15) is 19.4 Å². The van der Waals surface area contributed by atoms with Gasteiger partial charge in [0.25, 0.3) is 0 Å². The van der Waals surface area contributed by atoms with E-state index < -0.39 is 0 Å². The zero-order valence-electron chi connectivity index (χ0n) is 11.3. The van der Waals surface area contributed by atoms with Gasteiger partial charge >= 0.3 is 0 Å². The van der Waals surface area contributed by atoms with Crippen molar-refractivity contribution in [3.63, 3.8) is 0 Å². The molecule has 1 atom stereocenters. The van der Waals surface area contributed by atoms with Gasteiger partial charge in [0.15, 0.2) is 5.11 Å². The van der Waals surface area contributed by atoms with Gasteiger partial charge in [-0.25, -0.2) is 0 Å². The van der Waals surface area contributed by atoms with Gasteiger partial charge in [-0.3, -0.25) is 4.79 Å². The Morgan fingerprint density at radius 2 is 1.84 bits per heavy atom. The summed E-state index contributed by atoms with van der Waals surface area (Å²) in [5, 5.41) is 6.01. The quantitative estimate of drug-likeness (QED) is 0.800. The lowest BCUT2D eigenvalue weighted by Gasteiger charge is -2.21. The first-order valence-corrected chi connectivity index (χ1v) is 7.00. The fraction of sp³-hybridized carbons (Fsp3) is 0.429. The van der Waals surface area contributed by atoms with Crippen LogP contribution in [0.3, 0.4) is 0 Å². The second-order valence-electron chi connectivity index (χ2n) is 4.56. The van der Waals surface area contributed by atoms with Crippen molar-refractivity contribution in [3.8, 4) is 0 Å². The van der Waals surface area contributed by atoms with Gasteiger partial charge in [0.2, 0.25) is 5.91 Å². The fourth-order valence-electron chi connectivity index (χ4n) is 2.27. The van der Waals surface area contributed by atoms with Crippen LogP contribution in [0, 0.1) is 0 Å². The molecule has 5 heteroatoms. The number of hydrogen-bond donors (Lipinski definition) is 2. The number of amides is 1. The first-order valence-electron chi connectivity index (χ1n) is 6.59. The standard InChI is InChI=1S/C14H19N3OS/c1-3-17(4-2)11-7-5-10(6-8-11)9-12-13(18)16-14(19)15-12/h5-8,12H,3-4,9H2,1-2H3,(H2,15,16,18,19). The topological polar surface area (TPSA) is 44.4 Å². The Labute approximate surface area is 119 Å². The molecule has 19 heavy (non-hydrogen) atoms.